The molecule has 0 spiro atoms. The first-order valence-corrected chi connectivity index (χ1v) is 9.35. The maximum Gasteiger partial charge on any atom is 0.387 e. The van der Waals surface area contributed by atoms with Gasteiger partial charge in [-0.15, -0.1) is 0 Å². The molecule has 0 amide bonds. The molecule has 0 aliphatic rings. The topological polar surface area (TPSA) is 68.7 Å². The van der Waals surface area contributed by atoms with Crippen LogP contribution in [0.2, 0.25) is 5.02 Å². The minimum Gasteiger partial charge on any atom is -0.481 e. The molecule has 0 fully saturated rings. The number of alkyl halides is 2. The van der Waals surface area contributed by atoms with Crippen molar-refractivity contribution < 1.29 is 32.5 Å². The molecule has 1 heterocycles. The van der Waals surface area contributed by atoms with Crippen molar-refractivity contribution in [3.8, 4) is 11.5 Å². The van der Waals surface area contributed by atoms with Crippen molar-refractivity contribution in [1.29, 1.82) is 0 Å². The molecule has 3 rings (SSSR count). The molecular weight excluding hydrogens is 423 g/mol. The van der Waals surface area contributed by atoms with E-state index in [0.717, 1.165) is 0 Å². The molecular formula is C21H17ClF3NO4. The second kappa shape index (κ2) is 9.21. The maximum atomic E-state index is 13.3. The van der Waals surface area contributed by atoms with E-state index in [0.29, 0.717) is 23.2 Å². The summed E-state index contributed by atoms with van der Waals surface area (Å²) in [5.74, 6) is -1.85. The highest BCUT2D eigenvalue weighted by molar-refractivity contribution is 6.35. The number of halogens is 4. The van der Waals surface area contributed by atoms with E-state index < -0.39 is 25.0 Å². The van der Waals surface area contributed by atoms with Gasteiger partial charge in [0.25, 0.3) is 0 Å². The molecule has 158 valence electrons. The zero-order valence-electron chi connectivity index (χ0n) is 15.8. The number of aryl methyl sites for hydroxylation is 1. The van der Waals surface area contributed by atoms with Crippen LogP contribution in [0.3, 0.4) is 0 Å². The summed E-state index contributed by atoms with van der Waals surface area (Å²) in [5, 5.41) is 9.15. The van der Waals surface area contributed by atoms with E-state index in [1.165, 1.54) is 36.4 Å². The zero-order chi connectivity index (χ0) is 21.8. The van der Waals surface area contributed by atoms with Gasteiger partial charge in [0.1, 0.15) is 17.3 Å². The first-order valence-electron chi connectivity index (χ1n) is 8.98. The monoisotopic (exact) mass is 439 g/mol. The lowest BCUT2D eigenvalue weighted by Gasteiger charge is -2.19. The number of nitrogens with zero attached hydrogens (tertiary/aromatic N) is 1. The van der Waals surface area contributed by atoms with Crippen LogP contribution in [0.1, 0.15) is 23.7 Å². The van der Waals surface area contributed by atoms with Crippen molar-refractivity contribution in [2.45, 2.75) is 26.4 Å². The Labute approximate surface area is 175 Å². The van der Waals surface area contributed by atoms with Crippen molar-refractivity contribution in [2.24, 2.45) is 0 Å². The fourth-order valence-electron chi connectivity index (χ4n) is 3.12. The number of carbonyl (C=O) groups is 1. The first kappa shape index (κ1) is 21.7. The van der Waals surface area contributed by atoms with Gasteiger partial charge < -0.3 is 14.6 Å². The third-order valence-electron chi connectivity index (χ3n) is 4.37. The van der Waals surface area contributed by atoms with E-state index in [2.05, 4.69) is 4.98 Å². The molecule has 0 unspecified atom stereocenters. The van der Waals surface area contributed by atoms with Crippen LogP contribution in [0.5, 0.6) is 11.5 Å². The standard InChI is InChI=1S/C21H17ClF3NO4/c1-2-15-13(9-11-3-5-12(23)6-4-11)20(30-21(24)25)18-16(29-10-17(27)28)8-7-14(22)19(18)26-15/h3-8,21H,2,9-10H2,1H3,(H,27,28). The number of hydrogen-bond acceptors (Lipinski definition) is 4. The van der Waals surface area contributed by atoms with Crippen LogP contribution in [0.4, 0.5) is 13.2 Å². The summed E-state index contributed by atoms with van der Waals surface area (Å²) in [6.07, 6.45) is 0.530. The smallest absolute Gasteiger partial charge is 0.387 e. The van der Waals surface area contributed by atoms with Gasteiger partial charge in [-0.1, -0.05) is 30.7 Å². The second-order valence-electron chi connectivity index (χ2n) is 6.35. The number of pyridine rings is 1. The summed E-state index contributed by atoms with van der Waals surface area (Å²) in [6.45, 7) is -2.04. The van der Waals surface area contributed by atoms with Gasteiger partial charge in [-0.3, -0.25) is 4.98 Å². The van der Waals surface area contributed by atoms with Gasteiger partial charge >= 0.3 is 12.6 Å². The number of aliphatic carboxylic acids is 1. The Kier molecular flexibility index (Phi) is 6.66. The summed E-state index contributed by atoms with van der Waals surface area (Å²) in [4.78, 5) is 15.4. The van der Waals surface area contributed by atoms with Gasteiger partial charge in [0, 0.05) is 17.7 Å². The van der Waals surface area contributed by atoms with Gasteiger partial charge in [-0.25, -0.2) is 9.18 Å². The third-order valence-corrected chi connectivity index (χ3v) is 4.68. The largest absolute Gasteiger partial charge is 0.481 e. The molecule has 3 aromatic rings. The normalized spacial score (nSPS) is 11.1. The average Bonchev–Trinajstić information content (AvgIpc) is 2.70. The minimum absolute atomic E-state index is 0.00274. The van der Waals surface area contributed by atoms with E-state index in [1.807, 2.05) is 0 Å². The lowest BCUT2D eigenvalue weighted by molar-refractivity contribution is -0.139. The van der Waals surface area contributed by atoms with Crippen LogP contribution in [-0.4, -0.2) is 29.3 Å². The molecule has 0 aliphatic heterocycles. The van der Waals surface area contributed by atoms with E-state index >= 15 is 0 Å². The molecule has 30 heavy (non-hydrogen) atoms. The molecule has 1 N–H and O–H groups in total. The Hall–Kier alpha value is -3.00. The fourth-order valence-corrected chi connectivity index (χ4v) is 3.32. The van der Waals surface area contributed by atoms with Crippen LogP contribution in [0.25, 0.3) is 10.9 Å². The number of aromatic nitrogens is 1. The van der Waals surface area contributed by atoms with Crippen molar-refractivity contribution in [1.82, 2.24) is 4.98 Å². The van der Waals surface area contributed by atoms with E-state index in [-0.39, 0.29) is 33.8 Å². The summed E-state index contributed by atoms with van der Waals surface area (Å²) in [7, 11) is 0. The minimum atomic E-state index is -3.15. The molecule has 1 aromatic heterocycles. The summed E-state index contributed by atoms with van der Waals surface area (Å²) < 4.78 is 50.1. The maximum absolute atomic E-state index is 13.3. The van der Waals surface area contributed by atoms with Crippen molar-refractivity contribution >= 4 is 28.5 Å². The molecule has 5 nitrogen and oxygen atoms in total. The van der Waals surface area contributed by atoms with Gasteiger partial charge in [-0.2, -0.15) is 8.78 Å². The molecule has 0 atom stereocenters. The number of rotatable bonds is 8. The number of hydrogen-bond donors (Lipinski definition) is 1. The second-order valence-corrected chi connectivity index (χ2v) is 6.76. The SMILES string of the molecule is CCc1nc2c(Cl)ccc(OCC(=O)O)c2c(OC(F)F)c1Cc1ccc(F)cc1. The van der Waals surface area contributed by atoms with E-state index in [1.54, 1.807) is 6.92 Å². The lowest BCUT2D eigenvalue weighted by atomic mass is 9.98. The fraction of sp³-hybridized carbons (Fsp3) is 0.238. The highest BCUT2D eigenvalue weighted by atomic mass is 35.5. The van der Waals surface area contributed by atoms with Crippen molar-refractivity contribution in [2.75, 3.05) is 6.61 Å². The van der Waals surface area contributed by atoms with Gasteiger partial charge in [0.2, 0.25) is 0 Å². The van der Waals surface area contributed by atoms with Crippen LogP contribution in [-0.2, 0) is 17.6 Å². The third kappa shape index (κ3) is 4.76. The molecule has 0 saturated heterocycles. The quantitative estimate of drug-likeness (QED) is 0.519. The Morgan fingerprint density at radius 1 is 1.20 bits per heavy atom. The van der Waals surface area contributed by atoms with Crippen LogP contribution < -0.4 is 9.47 Å². The summed E-state index contributed by atoms with van der Waals surface area (Å²) in [6, 6.07) is 8.42. The molecule has 0 bridgehead atoms. The number of carboxylic acid groups (broad SMARTS) is 1. The number of benzene rings is 2. The molecule has 0 radical (unpaired) electrons. The van der Waals surface area contributed by atoms with Crippen molar-refractivity contribution in [3.05, 3.63) is 64.1 Å². The number of carboxylic acids is 1. The first-order chi connectivity index (χ1) is 14.3. The van der Waals surface area contributed by atoms with Crippen LogP contribution in [0, 0.1) is 5.82 Å². The predicted molar refractivity (Wildman–Crippen MR) is 105 cm³/mol. The number of ether oxygens (including phenoxy) is 2. The predicted octanol–water partition coefficient (Wildman–Crippen LogP) is 5.25. The van der Waals surface area contributed by atoms with E-state index in [9.17, 15) is 18.0 Å². The highest BCUT2D eigenvalue weighted by Crippen LogP contribution is 2.42. The van der Waals surface area contributed by atoms with E-state index in [4.69, 9.17) is 26.2 Å². The lowest BCUT2D eigenvalue weighted by Crippen LogP contribution is -2.12. The number of fused-ring (bicyclic) bond motifs is 1. The van der Waals surface area contributed by atoms with Crippen molar-refractivity contribution in [3.63, 3.8) is 0 Å². The Morgan fingerprint density at radius 2 is 1.90 bits per heavy atom. The molecule has 0 saturated carbocycles. The highest BCUT2D eigenvalue weighted by Gasteiger charge is 2.23. The van der Waals surface area contributed by atoms with Crippen LogP contribution in [0.15, 0.2) is 36.4 Å². The molecule has 0 aliphatic carbocycles. The summed E-state index contributed by atoms with van der Waals surface area (Å²) >= 11 is 6.24. The molecule has 9 heteroatoms. The average molecular weight is 440 g/mol. The Morgan fingerprint density at radius 3 is 2.50 bits per heavy atom. The Balaban J connectivity index is 2.27. The Bertz CT molecular complexity index is 1070. The van der Waals surface area contributed by atoms with Gasteiger partial charge in [-0.05, 0) is 36.2 Å². The zero-order valence-corrected chi connectivity index (χ0v) is 16.5. The van der Waals surface area contributed by atoms with Gasteiger partial charge in [0.15, 0.2) is 6.61 Å². The van der Waals surface area contributed by atoms with Gasteiger partial charge in [0.05, 0.1) is 15.9 Å². The summed E-state index contributed by atoms with van der Waals surface area (Å²) in [5.41, 5.74) is 1.65. The van der Waals surface area contributed by atoms with Crippen LogP contribution >= 0.6 is 11.6 Å². The molecule has 2 aromatic carbocycles.